The van der Waals surface area contributed by atoms with Gasteiger partial charge in [-0.25, -0.2) is 0 Å². The highest BCUT2D eigenvalue weighted by atomic mass is 16.1. The molecule has 3 rings (SSSR count). The van der Waals surface area contributed by atoms with Crippen molar-refractivity contribution in [3.05, 3.63) is 29.1 Å². The van der Waals surface area contributed by atoms with Gasteiger partial charge >= 0.3 is 0 Å². The number of nitrogens with one attached hydrogen (secondary N) is 2. The number of aryl methyl sites for hydroxylation is 1. The van der Waals surface area contributed by atoms with E-state index in [0.29, 0.717) is 11.8 Å². The number of hydrogen-bond acceptors (Lipinski definition) is 3. The van der Waals surface area contributed by atoms with Crippen LogP contribution in [0, 0.1) is 12.8 Å². The van der Waals surface area contributed by atoms with Gasteiger partial charge in [0.25, 0.3) is 5.91 Å². The minimum Gasteiger partial charge on any atom is -0.352 e. The van der Waals surface area contributed by atoms with Crippen molar-refractivity contribution in [2.24, 2.45) is 5.92 Å². The summed E-state index contributed by atoms with van der Waals surface area (Å²) in [5, 5.41) is 6.43. The number of piperidine rings is 1. The SMILES string of the molecule is Cc1ccc(C(=O)NCC2CC2)c(C2CCNCC2)n1. The molecule has 0 radical (unpaired) electrons. The summed E-state index contributed by atoms with van der Waals surface area (Å²) in [7, 11) is 0. The molecule has 20 heavy (non-hydrogen) atoms. The highest BCUT2D eigenvalue weighted by molar-refractivity contribution is 5.95. The average molecular weight is 273 g/mol. The molecule has 0 bridgehead atoms. The van der Waals surface area contributed by atoms with E-state index in [-0.39, 0.29) is 5.91 Å². The van der Waals surface area contributed by atoms with Crippen molar-refractivity contribution < 1.29 is 4.79 Å². The van der Waals surface area contributed by atoms with Crippen LogP contribution in [0.2, 0.25) is 0 Å². The molecular formula is C16H23N3O. The van der Waals surface area contributed by atoms with Crippen LogP contribution in [0.1, 0.15) is 53.3 Å². The monoisotopic (exact) mass is 273 g/mol. The second kappa shape index (κ2) is 5.92. The summed E-state index contributed by atoms with van der Waals surface area (Å²) in [5.74, 6) is 1.18. The van der Waals surface area contributed by atoms with Crippen LogP contribution in [0.5, 0.6) is 0 Å². The van der Waals surface area contributed by atoms with Gasteiger partial charge in [0.15, 0.2) is 0 Å². The molecule has 0 spiro atoms. The first-order valence-corrected chi connectivity index (χ1v) is 7.70. The lowest BCUT2D eigenvalue weighted by atomic mass is 9.90. The molecule has 1 saturated heterocycles. The molecule has 2 aliphatic rings. The molecule has 0 aromatic carbocycles. The van der Waals surface area contributed by atoms with Crippen molar-refractivity contribution >= 4 is 5.91 Å². The maximum absolute atomic E-state index is 12.4. The molecule has 1 aliphatic heterocycles. The Hall–Kier alpha value is -1.42. The lowest BCUT2D eigenvalue weighted by molar-refractivity contribution is 0.0949. The largest absolute Gasteiger partial charge is 0.352 e. The van der Waals surface area contributed by atoms with Crippen molar-refractivity contribution in [1.29, 1.82) is 0 Å². The Balaban J connectivity index is 1.78. The molecule has 1 aromatic rings. The molecule has 1 aliphatic carbocycles. The van der Waals surface area contributed by atoms with Gasteiger partial charge in [0.05, 0.1) is 11.3 Å². The van der Waals surface area contributed by atoms with Crippen LogP contribution in [0.15, 0.2) is 12.1 Å². The van der Waals surface area contributed by atoms with Crippen molar-refractivity contribution in [3.8, 4) is 0 Å². The Morgan fingerprint density at radius 2 is 2.05 bits per heavy atom. The fraction of sp³-hybridized carbons (Fsp3) is 0.625. The van der Waals surface area contributed by atoms with Gasteiger partial charge in [-0.3, -0.25) is 9.78 Å². The molecule has 4 nitrogen and oxygen atoms in total. The van der Waals surface area contributed by atoms with Crippen LogP contribution in [-0.4, -0.2) is 30.5 Å². The Bertz CT molecular complexity index is 490. The normalized spacial score (nSPS) is 19.9. The van der Waals surface area contributed by atoms with Crippen molar-refractivity contribution in [2.45, 2.75) is 38.5 Å². The standard InChI is InChI=1S/C16H23N3O/c1-11-2-5-14(16(20)18-10-12-3-4-12)15(19-11)13-6-8-17-9-7-13/h2,5,12-13,17H,3-4,6-10H2,1H3,(H,18,20). The number of hydrogen-bond donors (Lipinski definition) is 2. The Kier molecular flexibility index (Phi) is 4.01. The molecule has 1 aromatic heterocycles. The minimum absolute atomic E-state index is 0.0536. The number of rotatable bonds is 4. The Labute approximate surface area is 120 Å². The summed E-state index contributed by atoms with van der Waals surface area (Å²) >= 11 is 0. The fourth-order valence-corrected chi connectivity index (χ4v) is 2.83. The van der Waals surface area contributed by atoms with Crippen LogP contribution in [0.25, 0.3) is 0 Å². The molecule has 0 unspecified atom stereocenters. The van der Waals surface area contributed by atoms with Crippen molar-refractivity contribution in [3.63, 3.8) is 0 Å². The van der Waals surface area contributed by atoms with Gasteiger partial charge in [-0.2, -0.15) is 0 Å². The molecule has 2 N–H and O–H groups in total. The summed E-state index contributed by atoms with van der Waals surface area (Å²) in [5.41, 5.74) is 2.78. The lowest BCUT2D eigenvalue weighted by Crippen LogP contribution is -2.31. The first-order chi connectivity index (χ1) is 9.74. The number of nitrogens with zero attached hydrogens (tertiary/aromatic N) is 1. The van der Waals surface area contributed by atoms with E-state index in [9.17, 15) is 4.79 Å². The summed E-state index contributed by atoms with van der Waals surface area (Å²) in [6.45, 7) is 4.85. The van der Waals surface area contributed by atoms with Gasteiger partial charge in [0.2, 0.25) is 0 Å². The average Bonchev–Trinajstić information content (AvgIpc) is 3.30. The molecule has 108 valence electrons. The zero-order valence-electron chi connectivity index (χ0n) is 12.1. The molecule has 1 saturated carbocycles. The minimum atomic E-state index is 0.0536. The third-order valence-corrected chi connectivity index (χ3v) is 4.28. The molecule has 2 fully saturated rings. The highest BCUT2D eigenvalue weighted by Gasteiger charge is 2.25. The van der Waals surface area contributed by atoms with E-state index < -0.39 is 0 Å². The molecule has 0 atom stereocenters. The second-order valence-corrected chi connectivity index (χ2v) is 6.06. The predicted molar refractivity (Wildman–Crippen MR) is 78.9 cm³/mol. The predicted octanol–water partition coefficient (Wildman–Crippen LogP) is 2.00. The Morgan fingerprint density at radius 1 is 1.30 bits per heavy atom. The number of pyridine rings is 1. The van der Waals surface area contributed by atoms with E-state index in [1.807, 2.05) is 19.1 Å². The number of carbonyl (C=O) groups excluding carboxylic acids is 1. The van der Waals surface area contributed by atoms with Crippen molar-refractivity contribution in [1.82, 2.24) is 15.6 Å². The van der Waals surface area contributed by atoms with Crippen molar-refractivity contribution in [2.75, 3.05) is 19.6 Å². The molecule has 2 heterocycles. The number of aromatic nitrogens is 1. The first-order valence-electron chi connectivity index (χ1n) is 7.70. The Morgan fingerprint density at radius 3 is 2.75 bits per heavy atom. The van der Waals surface area contributed by atoms with Gasteiger partial charge in [-0.15, -0.1) is 0 Å². The number of carbonyl (C=O) groups is 1. The fourth-order valence-electron chi connectivity index (χ4n) is 2.83. The topological polar surface area (TPSA) is 54.0 Å². The van der Waals surface area contributed by atoms with E-state index in [4.69, 9.17) is 0 Å². The van der Waals surface area contributed by atoms with Gasteiger partial charge in [0.1, 0.15) is 0 Å². The lowest BCUT2D eigenvalue weighted by Gasteiger charge is -2.24. The van der Waals surface area contributed by atoms with Gasteiger partial charge in [-0.05, 0) is 63.7 Å². The molecule has 4 heteroatoms. The van der Waals surface area contributed by atoms with Crippen LogP contribution < -0.4 is 10.6 Å². The highest BCUT2D eigenvalue weighted by Crippen LogP contribution is 2.29. The molecule has 1 amide bonds. The van der Waals surface area contributed by atoms with Gasteiger partial charge < -0.3 is 10.6 Å². The van der Waals surface area contributed by atoms with E-state index in [1.165, 1.54) is 12.8 Å². The summed E-state index contributed by atoms with van der Waals surface area (Å²) in [4.78, 5) is 17.1. The van der Waals surface area contributed by atoms with Crippen LogP contribution >= 0.6 is 0 Å². The van der Waals surface area contributed by atoms with E-state index >= 15 is 0 Å². The van der Waals surface area contributed by atoms with Crippen LogP contribution in [0.4, 0.5) is 0 Å². The number of amides is 1. The zero-order chi connectivity index (χ0) is 13.9. The van der Waals surface area contributed by atoms with Crippen LogP contribution in [0.3, 0.4) is 0 Å². The van der Waals surface area contributed by atoms with Gasteiger partial charge in [-0.1, -0.05) is 0 Å². The smallest absolute Gasteiger partial charge is 0.253 e. The summed E-state index contributed by atoms with van der Waals surface area (Å²) in [6.07, 6.45) is 4.65. The second-order valence-electron chi connectivity index (χ2n) is 6.06. The van der Waals surface area contributed by atoms with Gasteiger partial charge in [0, 0.05) is 18.2 Å². The maximum Gasteiger partial charge on any atom is 0.253 e. The maximum atomic E-state index is 12.4. The summed E-state index contributed by atoms with van der Waals surface area (Å²) in [6, 6.07) is 3.89. The van der Waals surface area contributed by atoms with Crippen LogP contribution in [-0.2, 0) is 0 Å². The third kappa shape index (κ3) is 3.18. The quantitative estimate of drug-likeness (QED) is 0.882. The first kappa shape index (κ1) is 13.6. The van der Waals surface area contributed by atoms with E-state index in [1.54, 1.807) is 0 Å². The van der Waals surface area contributed by atoms with E-state index in [0.717, 1.165) is 49.4 Å². The molecular weight excluding hydrogens is 250 g/mol. The zero-order valence-corrected chi connectivity index (χ0v) is 12.1. The van der Waals surface area contributed by atoms with E-state index in [2.05, 4.69) is 15.6 Å². The third-order valence-electron chi connectivity index (χ3n) is 4.28. The summed E-state index contributed by atoms with van der Waals surface area (Å²) < 4.78 is 0.